The molecule has 0 saturated heterocycles. The van der Waals surface area contributed by atoms with Crippen molar-refractivity contribution in [3.8, 4) is 0 Å². The van der Waals surface area contributed by atoms with E-state index in [1.165, 1.54) is 0 Å². The Balaban J connectivity index is 2.99. The zero-order chi connectivity index (χ0) is 10.5. The molecule has 1 aromatic heterocycles. The molecule has 0 amide bonds. The minimum absolute atomic E-state index is 0.276. The monoisotopic (exact) mass is 287 g/mol. The third-order valence-electron chi connectivity index (χ3n) is 1.82. The summed E-state index contributed by atoms with van der Waals surface area (Å²) in [5.41, 5.74) is 0.666. The molecule has 0 bridgehead atoms. The molecule has 74 valence electrons. The van der Waals surface area contributed by atoms with Gasteiger partial charge in [-0.25, -0.2) is 0 Å². The molecular weight excluding hydrogens is 287 g/mol. The molecule has 0 unspecified atom stereocenters. The molecule has 1 heterocycles. The second kappa shape index (κ2) is 3.66. The Bertz CT molecular complexity index is 516. The van der Waals surface area contributed by atoms with Gasteiger partial charge >= 0.3 is 0 Å². The molecule has 0 aliphatic carbocycles. The molecule has 0 aliphatic heterocycles. The number of H-pyrrole nitrogens is 1. The lowest BCUT2D eigenvalue weighted by Gasteiger charge is -2.00. The summed E-state index contributed by atoms with van der Waals surface area (Å²) in [5, 5.41) is 2.21. The lowest BCUT2D eigenvalue weighted by atomic mass is 10.2. The minimum Gasteiger partial charge on any atom is -0.344 e. The standard InChI is InChI=1S/C8H2Cl5N/c9-2-1-3-4(6(11)5(2)10)7(12)8(13)14-3/h1,14H. The van der Waals surface area contributed by atoms with Gasteiger partial charge in [-0.15, -0.1) is 0 Å². The van der Waals surface area contributed by atoms with Crippen LogP contribution in [-0.2, 0) is 0 Å². The predicted molar refractivity (Wildman–Crippen MR) is 63.3 cm³/mol. The minimum atomic E-state index is 0.276. The van der Waals surface area contributed by atoms with Crippen LogP contribution in [0, 0.1) is 0 Å². The fourth-order valence-corrected chi connectivity index (χ4v) is 2.38. The molecular formula is C8H2Cl5N. The average molecular weight is 289 g/mol. The summed E-state index contributed by atoms with van der Waals surface area (Å²) in [6, 6.07) is 1.63. The van der Waals surface area contributed by atoms with Crippen molar-refractivity contribution in [3.63, 3.8) is 0 Å². The van der Waals surface area contributed by atoms with Crippen LogP contribution in [-0.4, -0.2) is 4.98 Å². The summed E-state index contributed by atoms with van der Waals surface area (Å²) < 4.78 is 0. The van der Waals surface area contributed by atoms with Crippen molar-refractivity contribution in [2.24, 2.45) is 0 Å². The smallest absolute Gasteiger partial charge is 0.126 e. The van der Waals surface area contributed by atoms with Crippen LogP contribution in [0.1, 0.15) is 0 Å². The van der Waals surface area contributed by atoms with Gasteiger partial charge in [-0.1, -0.05) is 58.0 Å². The number of benzene rings is 1. The van der Waals surface area contributed by atoms with Crippen LogP contribution >= 0.6 is 58.0 Å². The summed E-state index contributed by atoms with van der Waals surface area (Å²) in [7, 11) is 0. The molecule has 0 aliphatic rings. The van der Waals surface area contributed by atoms with Gasteiger partial charge in [-0.3, -0.25) is 0 Å². The lowest BCUT2D eigenvalue weighted by molar-refractivity contribution is 1.47. The van der Waals surface area contributed by atoms with Crippen LogP contribution in [0.5, 0.6) is 0 Å². The topological polar surface area (TPSA) is 15.8 Å². The molecule has 2 aromatic rings. The van der Waals surface area contributed by atoms with Crippen molar-refractivity contribution in [2.75, 3.05) is 0 Å². The van der Waals surface area contributed by atoms with Gasteiger partial charge in [0.25, 0.3) is 0 Å². The van der Waals surface area contributed by atoms with Crippen LogP contribution < -0.4 is 0 Å². The third kappa shape index (κ3) is 1.48. The molecule has 1 N–H and O–H groups in total. The maximum absolute atomic E-state index is 5.97. The normalized spacial score (nSPS) is 11.2. The first-order chi connectivity index (χ1) is 6.52. The van der Waals surface area contributed by atoms with Gasteiger partial charge in [0.15, 0.2) is 0 Å². The fraction of sp³-hybridized carbons (Fsp3) is 0. The first-order valence-corrected chi connectivity index (χ1v) is 5.41. The molecule has 1 aromatic carbocycles. The largest absolute Gasteiger partial charge is 0.344 e. The van der Waals surface area contributed by atoms with Crippen LogP contribution in [0.4, 0.5) is 0 Å². The highest BCUT2D eigenvalue weighted by Gasteiger charge is 2.15. The number of hydrogen-bond donors (Lipinski definition) is 1. The van der Waals surface area contributed by atoms with E-state index in [4.69, 9.17) is 58.0 Å². The second-order valence-corrected chi connectivity index (χ2v) is 4.58. The van der Waals surface area contributed by atoms with Gasteiger partial charge < -0.3 is 4.98 Å². The second-order valence-electron chi connectivity index (χ2n) is 2.66. The van der Waals surface area contributed by atoms with Gasteiger partial charge in [0, 0.05) is 5.39 Å². The van der Waals surface area contributed by atoms with E-state index < -0.39 is 0 Å². The fourth-order valence-electron chi connectivity index (χ4n) is 1.19. The molecule has 14 heavy (non-hydrogen) atoms. The predicted octanol–water partition coefficient (Wildman–Crippen LogP) is 5.43. The number of aromatic amines is 1. The molecule has 6 heteroatoms. The van der Waals surface area contributed by atoms with Crippen molar-refractivity contribution >= 4 is 68.9 Å². The van der Waals surface area contributed by atoms with Gasteiger partial charge in [0.2, 0.25) is 0 Å². The molecule has 0 spiro atoms. The number of aromatic nitrogens is 1. The van der Waals surface area contributed by atoms with Crippen molar-refractivity contribution in [1.82, 2.24) is 4.98 Å². The summed E-state index contributed by atoms with van der Waals surface area (Å²) in [5.74, 6) is 0. The van der Waals surface area contributed by atoms with E-state index in [9.17, 15) is 0 Å². The first kappa shape index (κ1) is 10.7. The molecule has 0 radical (unpaired) electrons. The zero-order valence-corrected chi connectivity index (χ0v) is 10.2. The van der Waals surface area contributed by atoms with Crippen LogP contribution in [0.3, 0.4) is 0 Å². The average Bonchev–Trinajstić information content (AvgIpc) is 2.39. The maximum Gasteiger partial charge on any atom is 0.126 e. The molecule has 0 atom stereocenters. The van der Waals surface area contributed by atoms with E-state index in [2.05, 4.69) is 4.98 Å². The summed E-state index contributed by atoms with van der Waals surface area (Å²) in [6.45, 7) is 0. The van der Waals surface area contributed by atoms with E-state index in [0.29, 0.717) is 31.1 Å². The van der Waals surface area contributed by atoms with Crippen molar-refractivity contribution in [3.05, 3.63) is 31.3 Å². The van der Waals surface area contributed by atoms with Gasteiger partial charge in [0.05, 0.1) is 25.6 Å². The summed E-state index contributed by atoms with van der Waals surface area (Å²) in [4.78, 5) is 2.84. The van der Waals surface area contributed by atoms with Crippen LogP contribution in [0.15, 0.2) is 6.07 Å². The molecule has 0 fully saturated rings. The Morgan fingerprint density at radius 3 is 2.14 bits per heavy atom. The SMILES string of the molecule is Clc1cc2[nH]c(Cl)c(Cl)c2c(Cl)c1Cl. The third-order valence-corrected chi connectivity index (χ3v) is 3.84. The van der Waals surface area contributed by atoms with E-state index in [-0.39, 0.29) is 5.02 Å². The Kier molecular flexibility index (Phi) is 2.80. The number of rotatable bonds is 0. The van der Waals surface area contributed by atoms with E-state index >= 15 is 0 Å². The summed E-state index contributed by atoms with van der Waals surface area (Å²) in [6.07, 6.45) is 0. The van der Waals surface area contributed by atoms with E-state index in [0.717, 1.165) is 0 Å². The lowest BCUT2D eigenvalue weighted by Crippen LogP contribution is -1.75. The highest BCUT2D eigenvalue weighted by molar-refractivity contribution is 6.53. The highest BCUT2D eigenvalue weighted by Crippen LogP contribution is 2.42. The zero-order valence-electron chi connectivity index (χ0n) is 6.47. The number of hydrogen-bond acceptors (Lipinski definition) is 0. The van der Waals surface area contributed by atoms with Crippen molar-refractivity contribution in [1.29, 1.82) is 0 Å². The van der Waals surface area contributed by atoms with Gasteiger partial charge in [-0.05, 0) is 6.07 Å². The van der Waals surface area contributed by atoms with E-state index in [1.54, 1.807) is 6.07 Å². The molecule has 2 rings (SSSR count). The maximum atomic E-state index is 5.97. The first-order valence-electron chi connectivity index (χ1n) is 3.52. The number of fused-ring (bicyclic) bond motifs is 1. The Labute approximate surface area is 105 Å². The number of nitrogens with one attached hydrogen (secondary N) is 1. The molecule has 1 nitrogen and oxygen atoms in total. The number of halogens is 5. The van der Waals surface area contributed by atoms with Crippen molar-refractivity contribution < 1.29 is 0 Å². The molecule has 0 saturated carbocycles. The highest BCUT2D eigenvalue weighted by atomic mass is 35.5. The van der Waals surface area contributed by atoms with Crippen LogP contribution in [0.2, 0.25) is 25.2 Å². The van der Waals surface area contributed by atoms with Crippen molar-refractivity contribution in [2.45, 2.75) is 0 Å². The van der Waals surface area contributed by atoms with Gasteiger partial charge in [0.1, 0.15) is 5.15 Å². The quantitative estimate of drug-likeness (QED) is 0.622. The van der Waals surface area contributed by atoms with E-state index in [1.807, 2.05) is 0 Å². The van der Waals surface area contributed by atoms with Gasteiger partial charge in [-0.2, -0.15) is 0 Å². The van der Waals surface area contributed by atoms with Crippen LogP contribution in [0.25, 0.3) is 10.9 Å². The summed E-state index contributed by atoms with van der Waals surface area (Å²) >= 11 is 29.4. The Morgan fingerprint density at radius 1 is 0.857 bits per heavy atom. The Morgan fingerprint density at radius 2 is 1.50 bits per heavy atom. The Hall–Kier alpha value is 0.210.